The van der Waals surface area contributed by atoms with Gasteiger partial charge in [-0.25, -0.2) is 13.8 Å². The molecule has 6 heteroatoms. The molecule has 1 unspecified atom stereocenters. The van der Waals surface area contributed by atoms with Crippen molar-refractivity contribution in [2.24, 2.45) is 0 Å². The normalized spacial score (nSPS) is 16.0. The van der Waals surface area contributed by atoms with Gasteiger partial charge in [-0.05, 0) is 55.7 Å². The highest BCUT2D eigenvalue weighted by Gasteiger charge is 2.30. The summed E-state index contributed by atoms with van der Waals surface area (Å²) in [5, 5.41) is 3.12. The van der Waals surface area contributed by atoms with E-state index in [9.17, 15) is 8.78 Å². The van der Waals surface area contributed by atoms with Gasteiger partial charge in [0.05, 0.1) is 6.04 Å². The second-order valence-electron chi connectivity index (χ2n) is 7.03. The van der Waals surface area contributed by atoms with E-state index in [1.54, 1.807) is 12.1 Å². The average Bonchev–Trinajstić information content (AvgIpc) is 2.71. The van der Waals surface area contributed by atoms with Crippen molar-refractivity contribution < 1.29 is 8.78 Å². The van der Waals surface area contributed by atoms with Crippen LogP contribution in [0.2, 0.25) is 0 Å². The summed E-state index contributed by atoms with van der Waals surface area (Å²) < 4.78 is 27.2. The molecule has 0 radical (unpaired) electrons. The number of aromatic nitrogens is 2. The lowest BCUT2D eigenvalue weighted by molar-refractivity contribution is 0.404. The quantitative estimate of drug-likeness (QED) is 0.688. The lowest BCUT2D eigenvalue weighted by Gasteiger charge is -2.37. The maximum absolute atomic E-state index is 14.1. The summed E-state index contributed by atoms with van der Waals surface area (Å²) in [5.41, 5.74) is 4.66. The van der Waals surface area contributed by atoms with E-state index in [1.807, 2.05) is 36.9 Å². The molecule has 1 aliphatic heterocycles. The van der Waals surface area contributed by atoms with Crippen molar-refractivity contribution in [3.8, 4) is 0 Å². The second kappa shape index (κ2) is 7.54. The number of nitrogens with one attached hydrogen (secondary N) is 1. The third-order valence-electron chi connectivity index (χ3n) is 5.29. The van der Waals surface area contributed by atoms with Gasteiger partial charge in [-0.2, -0.15) is 4.98 Å². The maximum Gasteiger partial charge on any atom is 0.229 e. The molecule has 2 heterocycles. The fourth-order valence-electron chi connectivity index (χ4n) is 3.68. The molecular weight excluding hydrogens is 358 g/mol. The standard InChI is InChI=1S/C22H22F2N4/c1-14-15(2)25-22(26-18-9-7-17(24)8-10-18)27-21(14)28-12-11-16-5-3-4-6-19(16)20(28)13-23/h3-10,20H,11-13H2,1-2H3,(H,25,26,27). The summed E-state index contributed by atoms with van der Waals surface area (Å²) in [6.07, 6.45) is 0.843. The molecule has 2 aromatic carbocycles. The van der Waals surface area contributed by atoms with Crippen LogP contribution < -0.4 is 10.2 Å². The molecule has 4 nitrogen and oxygen atoms in total. The summed E-state index contributed by atoms with van der Waals surface area (Å²) >= 11 is 0. The zero-order valence-corrected chi connectivity index (χ0v) is 15.9. The SMILES string of the molecule is Cc1nc(Nc2ccc(F)cc2)nc(N2CCc3ccccc3C2CF)c1C. The van der Waals surface area contributed by atoms with Crippen molar-refractivity contribution >= 4 is 17.5 Å². The Labute approximate surface area is 163 Å². The van der Waals surface area contributed by atoms with Gasteiger partial charge in [-0.1, -0.05) is 24.3 Å². The number of halogens is 2. The number of rotatable bonds is 4. The maximum atomic E-state index is 14.1. The molecule has 28 heavy (non-hydrogen) atoms. The lowest BCUT2D eigenvalue weighted by Crippen LogP contribution is -2.38. The van der Waals surface area contributed by atoms with Crippen LogP contribution in [0.4, 0.5) is 26.2 Å². The van der Waals surface area contributed by atoms with Gasteiger partial charge < -0.3 is 10.2 Å². The molecule has 0 amide bonds. The van der Waals surface area contributed by atoms with Crippen LogP contribution in [-0.2, 0) is 6.42 Å². The topological polar surface area (TPSA) is 41.1 Å². The van der Waals surface area contributed by atoms with Crippen molar-refractivity contribution in [3.63, 3.8) is 0 Å². The predicted molar refractivity (Wildman–Crippen MR) is 107 cm³/mol. The number of hydrogen-bond acceptors (Lipinski definition) is 4. The van der Waals surface area contributed by atoms with E-state index in [-0.39, 0.29) is 11.9 Å². The fourth-order valence-corrected chi connectivity index (χ4v) is 3.68. The van der Waals surface area contributed by atoms with E-state index in [2.05, 4.69) is 21.4 Å². The number of anilines is 3. The van der Waals surface area contributed by atoms with Crippen LogP contribution >= 0.6 is 0 Å². The number of hydrogen-bond donors (Lipinski definition) is 1. The molecule has 4 rings (SSSR count). The molecule has 3 aromatic rings. The third-order valence-corrected chi connectivity index (χ3v) is 5.29. The molecule has 0 saturated heterocycles. The van der Waals surface area contributed by atoms with Crippen molar-refractivity contribution in [2.75, 3.05) is 23.4 Å². The zero-order chi connectivity index (χ0) is 19.7. The highest BCUT2D eigenvalue weighted by atomic mass is 19.1. The molecule has 144 valence electrons. The first-order valence-corrected chi connectivity index (χ1v) is 9.35. The van der Waals surface area contributed by atoms with Gasteiger partial charge in [0, 0.05) is 23.5 Å². The number of aryl methyl sites for hydroxylation is 1. The average molecular weight is 380 g/mol. The second-order valence-corrected chi connectivity index (χ2v) is 7.03. The Balaban J connectivity index is 1.71. The first-order valence-electron chi connectivity index (χ1n) is 9.35. The van der Waals surface area contributed by atoms with Crippen molar-refractivity contribution in [2.45, 2.75) is 26.3 Å². The molecular formula is C22H22F2N4. The third kappa shape index (κ3) is 3.42. The van der Waals surface area contributed by atoms with Gasteiger partial charge in [0.25, 0.3) is 0 Å². The smallest absolute Gasteiger partial charge is 0.229 e. The van der Waals surface area contributed by atoms with Gasteiger partial charge in [-0.15, -0.1) is 0 Å². The summed E-state index contributed by atoms with van der Waals surface area (Å²) in [7, 11) is 0. The monoisotopic (exact) mass is 380 g/mol. The minimum Gasteiger partial charge on any atom is -0.346 e. The van der Waals surface area contributed by atoms with Gasteiger partial charge in [-0.3, -0.25) is 0 Å². The summed E-state index contributed by atoms with van der Waals surface area (Å²) in [4.78, 5) is 11.2. The van der Waals surface area contributed by atoms with Crippen molar-refractivity contribution in [1.29, 1.82) is 0 Å². The first kappa shape index (κ1) is 18.3. The van der Waals surface area contributed by atoms with Crippen LogP contribution in [-0.4, -0.2) is 23.2 Å². The molecule has 1 aliphatic rings. The number of fused-ring (bicyclic) bond motifs is 1. The number of nitrogens with zero attached hydrogens (tertiary/aromatic N) is 3. The van der Waals surface area contributed by atoms with E-state index in [1.165, 1.54) is 17.7 Å². The molecule has 0 aliphatic carbocycles. The zero-order valence-electron chi connectivity index (χ0n) is 15.9. The Morgan fingerprint density at radius 1 is 1.07 bits per heavy atom. The van der Waals surface area contributed by atoms with Crippen LogP contribution in [0.5, 0.6) is 0 Å². The molecule has 0 saturated carbocycles. The molecule has 1 aromatic heterocycles. The largest absolute Gasteiger partial charge is 0.346 e. The van der Waals surface area contributed by atoms with Crippen molar-refractivity contribution in [1.82, 2.24) is 9.97 Å². The predicted octanol–water partition coefficient (Wildman–Crippen LogP) is 5.05. The minimum absolute atomic E-state index is 0.301. The molecule has 1 N–H and O–H groups in total. The van der Waals surface area contributed by atoms with Gasteiger partial charge in [0.15, 0.2) is 0 Å². The summed E-state index contributed by atoms with van der Waals surface area (Å²) in [5.74, 6) is 0.848. The molecule has 0 spiro atoms. The Kier molecular flexibility index (Phi) is 4.94. The van der Waals surface area contributed by atoms with Gasteiger partial charge in [0.2, 0.25) is 5.95 Å². The van der Waals surface area contributed by atoms with Crippen LogP contribution in [0.3, 0.4) is 0 Å². The minimum atomic E-state index is -0.486. The highest BCUT2D eigenvalue weighted by molar-refractivity contribution is 5.59. The van der Waals surface area contributed by atoms with Crippen LogP contribution in [0.1, 0.15) is 28.4 Å². The highest BCUT2D eigenvalue weighted by Crippen LogP contribution is 2.35. The Hall–Kier alpha value is -3.02. The van der Waals surface area contributed by atoms with Crippen LogP contribution in [0.15, 0.2) is 48.5 Å². The van der Waals surface area contributed by atoms with Crippen LogP contribution in [0, 0.1) is 19.7 Å². The Morgan fingerprint density at radius 2 is 1.82 bits per heavy atom. The van der Waals surface area contributed by atoms with E-state index in [0.717, 1.165) is 29.1 Å². The molecule has 1 atom stereocenters. The Bertz CT molecular complexity index is 988. The fraction of sp³-hybridized carbons (Fsp3) is 0.273. The first-order chi connectivity index (χ1) is 13.6. The van der Waals surface area contributed by atoms with Crippen molar-refractivity contribution in [3.05, 3.63) is 76.7 Å². The van der Waals surface area contributed by atoms with Crippen LogP contribution in [0.25, 0.3) is 0 Å². The number of alkyl halides is 1. The van der Waals surface area contributed by atoms with E-state index >= 15 is 0 Å². The van der Waals surface area contributed by atoms with E-state index in [4.69, 9.17) is 0 Å². The summed E-state index contributed by atoms with van der Waals surface area (Å²) in [6, 6.07) is 13.7. The molecule has 0 fully saturated rings. The van der Waals surface area contributed by atoms with E-state index in [0.29, 0.717) is 18.2 Å². The lowest BCUT2D eigenvalue weighted by atomic mass is 9.93. The Morgan fingerprint density at radius 3 is 2.57 bits per heavy atom. The van der Waals surface area contributed by atoms with Gasteiger partial charge in [0.1, 0.15) is 18.3 Å². The molecule has 0 bridgehead atoms. The van der Waals surface area contributed by atoms with Gasteiger partial charge >= 0.3 is 0 Å². The summed E-state index contributed by atoms with van der Waals surface area (Å²) in [6.45, 7) is 4.08. The number of benzene rings is 2. The van der Waals surface area contributed by atoms with E-state index < -0.39 is 6.67 Å².